The Hall–Kier alpha value is -3.58. The molecular weight excluding hydrogens is 441 g/mol. The van der Waals surface area contributed by atoms with E-state index in [1.165, 1.54) is 32.0 Å². The third-order valence-corrected chi connectivity index (χ3v) is 6.49. The van der Waals surface area contributed by atoms with Gasteiger partial charge in [-0.2, -0.15) is 0 Å². The molecule has 0 radical (unpaired) electrons. The van der Waals surface area contributed by atoms with E-state index in [0.29, 0.717) is 11.5 Å². The maximum atomic E-state index is 13.8. The summed E-state index contributed by atoms with van der Waals surface area (Å²) in [4.78, 5) is 7.13. The van der Waals surface area contributed by atoms with Gasteiger partial charge in [-0.05, 0) is 117 Å². The van der Waals surface area contributed by atoms with Crippen LogP contribution in [0.3, 0.4) is 0 Å². The van der Waals surface area contributed by atoms with E-state index in [0.717, 1.165) is 58.8 Å². The van der Waals surface area contributed by atoms with Crippen LogP contribution < -0.4 is 10.1 Å². The van der Waals surface area contributed by atoms with Crippen LogP contribution in [0.5, 0.6) is 5.75 Å². The molecule has 1 N–H and O–H groups in total. The smallest absolute Gasteiger partial charge is 0.247 e. The second kappa shape index (κ2) is 10.4. The zero-order valence-corrected chi connectivity index (χ0v) is 20.2. The molecule has 3 aromatic carbocycles. The number of nitrogens with zero attached hydrogens (tertiary/aromatic N) is 4. The van der Waals surface area contributed by atoms with Crippen LogP contribution in [0.1, 0.15) is 30.4 Å². The average Bonchev–Trinajstić information content (AvgIpc) is 3.38. The molecule has 1 aliphatic heterocycles. The van der Waals surface area contributed by atoms with Crippen LogP contribution in [0.4, 0.5) is 16.0 Å². The first-order valence-corrected chi connectivity index (χ1v) is 12.2. The maximum Gasteiger partial charge on any atom is 0.247 e. The lowest BCUT2D eigenvalue weighted by Gasteiger charge is -2.14. The molecule has 4 aromatic rings. The van der Waals surface area contributed by atoms with Crippen LogP contribution in [-0.2, 0) is 0 Å². The van der Waals surface area contributed by atoms with Gasteiger partial charge in [-0.15, -0.1) is 10.2 Å². The normalized spacial score (nSPS) is 13.9. The highest BCUT2D eigenvalue weighted by molar-refractivity contribution is 5.84. The van der Waals surface area contributed by atoms with Crippen molar-refractivity contribution < 1.29 is 9.13 Å². The lowest BCUT2D eigenvalue weighted by Crippen LogP contribution is -2.21. The largest absolute Gasteiger partial charge is 0.494 e. The maximum absolute atomic E-state index is 13.8. The molecule has 0 atom stereocenters. The number of rotatable bonds is 8. The van der Waals surface area contributed by atoms with Gasteiger partial charge in [0.1, 0.15) is 17.1 Å². The first-order valence-electron chi connectivity index (χ1n) is 12.2. The number of benzene rings is 3. The Balaban J connectivity index is 1.24. The minimum absolute atomic E-state index is 0.257. The summed E-state index contributed by atoms with van der Waals surface area (Å²) in [5.41, 5.74) is 6.05. The quantitative estimate of drug-likeness (QED) is 0.315. The molecule has 0 unspecified atom stereocenters. The fraction of sp³-hybridized carbons (Fsp3) is 0.321. The monoisotopic (exact) mass is 471 g/mol. The molecule has 1 aromatic heterocycles. The number of halogens is 1. The molecule has 2 heterocycles. The lowest BCUT2D eigenvalue weighted by atomic mass is 9.96. The molecule has 5 rings (SSSR count). The van der Waals surface area contributed by atoms with E-state index >= 15 is 0 Å². The van der Waals surface area contributed by atoms with Gasteiger partial charge in [0.2, 0.25) is 5.95 Å². The molecule has 1 aliphatic rings. The van der Waals surface area contributed by atoms with E-state index < -0.39 is 0 Å². The standard InChI is InChI=1S/C28H30FN5O/c1-19-6-7-21(29)17-24(19)25-18-27-26(16-20(25)2)31-28(33-32-27)30-22-8-10-23(11-9-22)35-15-5-14-34-12-3-4-13-34/h6-11,16-18H,3-5,12-15H2,1-2H3,(H,30,31,33). The summed E-state index contributed by atoms with van der Waals surface area (Å²) in [7, 11) is 0. The van der Waals surface area contributed by atoms with Crippen LogP contribution in [0, 0.1) is 19.7 Å². The fourth-order valence-electron chi connectivity index (χ4n) is 4.56. The van der Waals surface area contributed by atoms with E-state index in [1.54, 1.807) is 12.1 Å². The SMILES string of the molecule is Cc1ccc(F)cc1-c1cc2nnc(Nc3ccc(OCCCN4CCCC4)cc3)nc2cc1C. The Morgan fingerprint density at radius 1 is 0.886 bits per heavy atom. The third kappa shape index (κ3) is 5.57. The van der Waals surface area contributed by atoms with E-state index in [-0.39, 0.29) is 5.82 Å². The lowest BCUT2D eigenvalue weighted by molar-refractivity contribution is 0.263. The van der Waals surface area contributed by atoms with Gasteiger partial charge >= 0.3 is 0 Å². The predicted octanol–water partition coefficient (Wildman–Crippen LogP) is 6.06. The van der Waals surface area contributed by atoms with Crippen LogP contribution in [0.2, 0.25) is 0 Å². The summed E-state index contributed by atoms with van der Waals surface area (Å²) in [6.45, 7) is 8.24. The minimum Gasteiger partial charge on any atom is -0.494 e. The van der Waals surface area contributed by atoms with Crippen LogP contribution in [-0.4, -0.2) is 46.3 Å². The topological polar surface area (TPSA) is 63.2 Å². The summed E-state index contributed by atoms with van der Waals surface area (Å²) in [6.07, 6.45) is 3.68. The first-order chi connectivity index (χ1) is 17.0. The van der Waals surface area contributed by atoms with Crippen molar-refractivity contribution in [3.8, 4) is 16.9 Å². The van der Waals surface area contributed by atoms with Crippen molar-refractivity contribution >= 4 is 22.7 Å². The number of ether oxygens (including phenoxy) is 1. The Bertz CT molecular complexity index is 1320. The number of hydrogen-bond acceptors (Lipinski definition) is 6. The third-order valence-electron chi connectivity index (χ3n) is 6.49. The van der Waals surface area contributed by atoms with Gasteiger partial charge in [-0.3, -0.25) is 0 Å². The van der Waals surface area contributed by atoms with Gasteiger partial charge in [-0.1, -0.05) is 6.07 Å². The zero-order valence-electron chi connectivity index (χ0n) is 20.2. The van der Waals surface area contributed by atoms with Gasteiger partial charge in [0, 0.05) is 12.2 Å². The van der Waals surface area contributed by atoms with Crippen molar-refractivity contribution in [2.24, 2.45) is 0 Å². The Morgan fingerprint density at radius 3 is 2.46 bits per heavy atom. The minimum atomic E-state index is -0.257. The molecule has 1 fully saturated rings. The number of likely N-dealkylation sites (tertiary alicyclic amines) is 1. The summed E-state index contributed by atoms with van der Waals surface area (Å²) in [5.74, 6) is 1.02. The number of aromatic nitrogens is 3. The van der Waals surface area contributed by atoms with Gasteiger partial charge < -0.3 is 15.0 Å². The number of hydrogen-bond donors (Lipinski definition) is 1. The molecule has 6 nitrogen and oxygen atoms in total. The predicted molar refractivity (Wildman–Crippen MR) is 138 cm³/mol. The first kappa shape index (κ1) is 23.2. The van der Waals surface area contributed by atoms with E-state index in [2.05, 4.69) is 25.4 Å². The van der Waals surface area contributed by atoms with Crippen molar-refractivity contribution in [3.63, 3.8) is 0 Å². The second-order valence-electron chi connectivity index (χ2n) is 9.15. The van der Waals surface area contributed by atoms with Gasteiger partial charge in [-0.25, -0.2) is 9.37 Å². The molecule has 180 valence electrons. The van der Waals surface area contributed by atoms with Gasteiger partial charge in [0.25, 0.3) is 0 Å². The van der Waals surface area contributed by atoms with Crippen molar-refractivity contribution in [3.05, 3.63) is 71.5 Å². The highest BCUT2D eigenvalue weighted by Gasteiger charge is 2.12. The summed E-state index contributed by atoms with van der Waals surface area (Å²) in [6, 6.07) is 16.5. The van der Waals surface area contributed by atoms with Crippen LogP contribution in [0.15, 0.2) is 54.6 Å². The van der Waals surface area contributed by atoms with Crippen molar-refractivity contribution in [1.82, 2.24) is 20.1 Å². The molecule has 7 heteroatoms. The Labute approximate surface area is 205 Å². The summed E-state index contributed by atoms with van der Waals surface area (Å²) < 4.78 is 19.7. The van der Waals surface area contributed by atoms with E-state index in [1.807, 2.05) is 50.2 Å². The fourth-order valence-corrected chi connectivity index (χ4v) is 4.56. The van der Waals surface area contributed by atoms with E-state index in [9.17, 15) is 4.39 Å². The highest BCUT2D eigenvalue weighted by Crippen LogP contribution is 2.30. The Kier molecular flexibility index (Phi) is 6.86. The zero-order chi connectivity index (χ0) is 24.2. The highest BCUT2D eigenvalue weighted by atomic mass is 19.1. The molecule has 1 saturated heterocycles. The number of nitrogens with one attached hydrogen (secondary N) is 1. The summed E-state index contributed by atoms with van der Waals surface area (Å²) in [5, 5.41) is 11.8. The molecule has 0 spiro atoms. The van der Waals surface area contributed by atoms with Crippen molar-refractivity contribution in [1.29, 1.82) is 0 Å². The van der Waals surface area contributed by atoms with Crippen LogP contribution >= 0.6 is 0 Å². The molecule has 0 amide bonds. The molecule has 0 aliphatic carbocycles. The Morgan fingerprint density at radius 2 is 1.66 bits per heavy atom. The van der Waals surface area contributed by atoms with Crippen LogP contribution in [0.25, 0.3) is 22.2 Å². The molecule has 35 heavy (non-hydrogen) atoms. The second-order valence-corrected chi connectivity index (χ2v) is 9.15. The summed E-state index contributed by atoms with van der Waals surface area (Å²) >= 11 is 0. The van der Waals surface area contributed by atoms with Gasteiger partial charge in [0.05, 0.1) is 12.1 Å². The van der Waals surface area contributed by atoms with E-state index in [4.69, 9.17) is 4.74 Å². The average molecular weight is 472 g/mol. The number of aryl methyl sites for hydroxylation is 2. The molecule has 0 bridgehead atoms. The van der Waals surface area contributed by atoms with Gasteiger partial charge in [0.15, 0.2) is 0 Å². The number of fused-ring (bicyclic) bond motifs is 1. The molecular formula is C28H30FN5O. The molecule has 0 saturated carbocycles. The van der Waals surface area contributed by atoms with Crippen molar-refractivity contribution in [2.75, 3.05) is 31.6 Å². The van der Waals surface area contributed by atoms with Crippen molar-refractivity contribution in [2.45, 2.75) is 33.1 Å². The number of anilines is 2.